The third kappa shape index (κ3) is 3.75. The Morgan fingerprint density at radius 2 is 2.12 bits per heavy atom. The first kappa shape index (κ1) is 17.7. The van der Waals surface area contributed by atoms with E-state index in [-0.39, 0.29) is 28.2 Å². The number of nitrogens with one attached hydrogen (secondary N) is 1. The van der Waals surface area contributed by atoms with Crippen molar-refractivity contribution >= 4 is 29.0 Å². The Balaban J connectivity index is 1.65. The van der Waals surface area contributed by atoms with E-state index in [0.29, 0.717) is 11.3 Å². The van der Waals surface area contributed by atoms with E-state index < -0.39 is 10.8 Å². The molecule has 1 aromatic carbocycles. The highest BCUT2D eigenvalue weighted by atomic mass is 32.2. The van der Waals surface area contributed by atoms with Gasteiger partial charge in [-0.1, -0.05) is 17.8 Å². The Labute approximate surface area is 151 Å². The van der Waals surface area contributed by atoms with Crippen molar-refractivity contribution in [2.75, 3.05) is 11.1 Å². The van der Waals surface area contributed by atoms with Crippen LogP contribution >= 0.6 is 11.8 Å². The van der Waals surface area contributed by atoms with E-state index in [9.17, 15) is 14.9 Å². The molecule has 10 heteroatoms. The number of aryl methyl sites for hydroxylation is 1. The second-order valence-electron chi connectivity index (χ2n) is 5.35. The number of amides is 1. The average molecular weight is 374 g/mol. The zero-order chi connectivity index (χ0) is 18.7. The predicted octanol–water partition coefficient (Wildman–Crippen LogP) is 3.59. The lowest BCUT2D eigenvalue weighted by Crippen LogP contribution is -2.15. The highest BCUT2D eigenvalue weighted by Crippen LogP contribution is 2.31. The van der Waals surface area contributed by atoms with Gasteiger partial charge >= 0.3 is 0 Å². The van der Waals surface area contributed by atoms with Gasteiger partial charge in [-0.25, -0.2) is 0 Å². The monoisotopic (exact) mass is 374 g/mol. The van der Waals surface area contributed by atoms with E-state index >= 15 is 0 Å². The molecule has 3 rings (SSSR count). The summed E-state index contributed by atoms with van der Waals surface area (Å²) in [6, 6.07) is 6.60. The van der Waals surface area contributed by atoms with Gasteiger partial charge in [0.25, 0.3) is 16.8 Å². The number of furan rings is 1. The van der Waals surface area contributed by atoms with Crippen molar-refractivity contribution in [1.82, 2.24) is 10.2 Å². The molecule has 9 nitrogen and oxygen atoms in total. The van der Waals surface area contributed by atoms with Gasteiger partial charge in [0.2, 0.25) is 5.91 Å². The predicted molar refractivity (Wildman–Crippen MR) is 93.9 cm³/mol. The van der Waals surface area contributed by atoms with E-state index in [1.165, 1.54) is 12.3 Å². The van der Waals surface area contributed by atoms with Gasteiger partial charge in [-0.05, 0) is 37.6 Å². The standard InChI is InChI=1S/C16H14N4O5S/c1-9-5-6-11(14(10(9)2)20(22)23)17-13(21)8-26-16-19-18-15(25-16)12-4-3-7-24-12/h3-7H,8H2,1-2H3,(H,17,21). The van der Waals surface area contributed by atoms with E-state index in [0.717, 1.165) is 17.3 Å². The molecule has 1 amide bonds. The average Bonchev–Trinajstić information content (AvgIpc) is 3.27. The number of benzene rings is 1. The Morgan fingerprint density at radius 1 is 1.31 bits per heavy atom. The summed E-state index contributed by atoms with van der Waals surface area (Å²) in [5.41, 5.74) is 1.34. The molecule has 2 aromatic heterocycles. The quantitative estimate of drug-likeness (QED) is 0.394. The van der Waals surface area contributed by atoms with Crippen molar-refractivity contribution in [3.05, 3.63) is 51.8 Å². The molecule has 0 aliphatic carbocycles. The molecule has 0 atom stereocenters. The molecule has 0 radical (unpaired) electrons. The molecule has 26 heavy (non-hydrogen) atoms. The molecule has 2 heterocycles. The third-order valence-corrected chi connectivity index (χ3v) is 4.44. The lowest BCUT2D eigenvalue weighted by molar-refractivity contribution is -0.384. The van der Waals surface area contributed by atoms with Crippen LogP contribution in [0.5, 0.6) is 0 Å². The molecular weight excluding hydrogens is 360 g/mol. The Hall–Kier alpha value is -3.14. The van der Waals surface area contributed by atoms with Crippen LogP contribution < -0.4 is 5.32 Å². The van der Waals surface area contributed by atoms with Crippen LogP contribution in [0.15, 0.2) is 44.6 Å². The number of rotatable bonds is 6. The molecule has 134 valence electrons. The van der Waals surface area contributed by atoms with Gasteiger partial charge in [-0.2, -0.15) is 0 Å². The highest BCUT2D eigenvalue weighted by molar-refractivity contribution is 7.99. The van der Waals surface area contributed by atoms with Crippen LogP contribution in [0.4, 0.5) is 11.4 Å². The first-order valence-electron chi connectivity index (χ1n) is 7.50. The SMILES string of the molecule is Cc1ccc(NC(=O)CSc2nnc(-c3ccco3)o2)c([N+](=O)[O-])c1C. The van der Waals surface area contributed by atoms with Crippen molar-refractivity contribution < 1.29 is 18.6 Å². The van der Waals surface area contributed by atoms with Crippen LogP contribution in [0.1, 0.15) is 11.1 Å². The van der Waals surface area contributed by atoms with Gasteiger partial charge in [0.1, 0.15) is 5.69 Å². The molecule has 0 aliphatic rings. The summed E-state index contributed by atoms with van der Waals surface area (Å²) in [5, 5.41) is 21.7. The van der Waals surface area contributed by atoms with Gasteiger partial charge in [-0.15, -0.1) is 10.2 Å². The fourth-order valence-corrected chi connectivity index (χ4v) is 2.78. The molecule has 0 spiro atoms. The van der Waals surface area contributed by atoms with E-state index in [2.05, 4.69) is 15.5 Å². The Morgan fingerprint density at radius 3 is 2.81 bits per heavy atom. The summed E-state index contributed by atoms with van der Waals surface area (Å²) < 4.78 is 10.5. The fourth-order valence-electron chi connectivity index (χ4n) is 2.22. The minimum absolute atomic E-state index is 0.0378. The molecular formula is C16H14N4O5S. The number of thioether (sulfide) groups is 1. The molecule has 3 aromatic rings. The van der Waals surface area contributed by atoms with Crippen LogP contribution in [0.3, 0.4) is 0 Å². The summed E-state index contributed by atoms with van der Waals surface area (Å²) in [5.74, 6) is 0.186. The maximum absolute atomic E-state index is 12.1. The zero-order valence-corrected chi connectivity index (χ0v) is 14.7. The van der Waals surface area contributed by atoms with E-state index in [1.807, 2.05) is 0 Å². The van der Waals surface area contributed by atoms with Gasteiger partial charge in [0.05, 0.1) is 16.9 Å². The number of anilines is 1. The summed E-state index contributed by atoms with van der Waals surface area (Å²) in [6.07, 6.45) is 1.48. The van der Waals surface area contributed by atoms with Crippen molar-refractivity contribution in [3.8, 4) is 11.7 Å². The van der Waals surface area contributed by atoms with Gasteiger partial charge in [0.15, 0.2) is 5.76 Å². The third-order valence-electron chi connectivity index (χ3n) is 3.62. The number of nitro benzene ring substituents is 1. The lowest BCUT2D eigenvalue weighted by Gasteiger charge is -2.08. The van der Waals surface area contributed by atoms with Crippen molar-refractivity contribution in [2.45, 2.75) is 19.1 Å². The topological polar surface area (TPSA) is 124 Å². The maximum atomic E-state index is 12.1. The molecule has 0 bridgehead atoms. The number of nitrogens with zero attached hydrogens (tertiary/aromatic N) is 3. The molecule has 0 aliphatic heterocycles. The number of carbonyl (C=O) groups excluding carboxylic acids is 1. The minimum Gasteiger partial charge on any atom is -0.459 e. The van der Waals surface area contributed by atoms with E-state index in [1.54, 1.807) is 32.0 Å². The molecule has 0 saturated heterocycles. The molecule has 0 unspecified atom stereocenters. The van der Waals surface area contributed by atoms with Gasteiger partial charge < -0.3 is 14.2 Å². The van der Waals surface area contributed by atoms with Crippen LogP contribution in [-0.2, 0) is 4.79 Å². The zero-order valence-electron chi connectivity index (χ0n) is 13.9. The van der Waals surface area contributed by atoms with Crippen LogP contribution in [0, 0.1) is 24.0 Å². The first-order chi connectivity index (χ1) is 12.5. The molecule has 0 fully saturated rings. The van der Waals surface area contributed by atoms with E-state index in [4.69, 9.17) is 8.83 Å². The number of hydrogen-bond acceptors (Lipinski definition) is 8. The smallest absolute Gasteiger partial charge is 0.295 e. The van der Waals surface area contributed by atoms with Gasteiger partial charge in [-0.3, -0.25) is 14.9 Å². The summed E-state index contributed by atoms with van der Waals surface area (Å²) in [4.78, 5) is 22.9. The van der Waals surface area contributed by atoms with Crippen LogP contribution in [-0.4, -0.2) is 26.8 Å². The molecule has 1 N–H and O–H groups in total. The largest absolute Gasteiger partial charge is 0.459 e. The van der Waals surface area contributed by atoms with Crippen LogP contribution in [0.2, 0.25) is 0 Å². The second kappa shape index (κ2) is 7.40. The van der Waals surface area contributed by atoms with Crippen LogP contribution in [0.25, 0.3) is 11.7 Å². The number of hydrogen-bond donors (Lipinski definition) is 1. The number of carbonyl (C=O) groups is 1. The van der Waals surface area contributed by atoms with Crippen molar-refractivity contribution in [2.24, 2.45) is 0 Å². The Kier molecular flexibility index (Phi) is 5.03. The van der Waals surface area contributed by atoms with Gasteiger partial charge in [0, 0.05) is 5.56 Å². The summed E-state index contributed by atoms with van der Waals surface area (Å²) in [6.45, 7) is 3.42. The maximum Gasteiger partial charge on any atom is 0.295 e. The summed E-state index contributed by atoms with van der Waals surface area (Å²) >= 11 is 1.02. The van der Waals surface area contributed by atoms with Crippen molar-refractivity contribution in [3.63, 3.8) is 0 Å². The summed E-state index contributed by atoms with van der Waals surface area (Å²) in [7, 11) is 0. The normalized spacial score (nSPS) is 10.7. The van der Waals surface area contributed by atoms with Crippen molar-refractivity contribution in [1.29, 1.82) is 0 Å². The second-order valence-corrected chi connectivity index (χ2v) is 6.27. The minimum atomic E-state index is -0.501. The fraction of sp³-hybridized carbons (Fsp3) is 0.188. The number of aromatic nitrogens is 2. The Bertz CT molecular complexity index is 952. The highest BCUT2D eigenvalue weighted by Gasteiger charge is 2.21. The lowest BCUT2D eigenvalue weighted by atomic mass is 10.1. The molecule has 0 saturated carbocycles. The number of nitro groups is 1. The first-order valence-corrected chi connectivity index (χ1v) is 8.49.